The number of nitro benzene ring substituents is 1. The van der Waals surface area contributed by atoms with E-state index in [0.717, 1.165) is 5.56 Å². The smallest absolute Gasteiger partial charge is 0.311 e. The molecule has 190 valence electrons. The molecule has 0 radical (unpaired) electrons. The van der Waals surface area contributed by atoms with E-state index in [2.05, 4.69) is 15.7 Å². The van der Waals surface area contributed by atoms with Gasteiger partial charge in [0.25, 0.3) is 11.8 Å². The summed E-state index contributed by atoms with van der Waals surface area (Å²) in [6.45, 7) is 4.34. The van der Waals surface area contributed by atoms with Crippen LogP contribution in [0.4, 0.5) is 11.4 Å². The lowest BCUT2D eigenvalue weighted by molar-refractivity contribution is -0.386. The molecular weight excluding hydrogens is 478 g/mol. The first kappa shape index (κ1) is 25.2. The number of nitrogens with zero attached hydrogens (tertiary/aromatic N) is 3. The predicted molar refractivity (Wildman–Crippen MR) is 134 cm³/mol. The molecule has 4 rings (SSSR count). The van der Waals surface area contributed by atoms with E-state index < -0.39 is 16.7 Å². The zero-order valence-corrected chi connectivity index (χ0v) is 20.3. The van der Waals surface area contributed by atoms with Gasteiger partial charge in [0.15, 0.2) is 11.4 Å². The van der Waals surface area contributed by atoms with Crippen molar-refractivity contribution in [2.75, 3.05) is 5.32 Å². The van der Waals surface area contributed by atoms with Crippen LogP contribution in [0.1, 0.15) is 44.7 Å². The normalized spacial score (nSPS) is 10.6. The van der Waals surface area contributed by atoms with Crippen molar-refractivity contribution >= 4 is 23.2 Å². The molecule has 4 aromatic rings. The number of anilines is 1. The van der Waals surface area contributed by atoms with Gasteiger partial charge in [-0.2, -0.15) is 5.10 Å². The number of carbonyl (C=O) groups excluding carboxylic acids is 2. The molecule has 2 aromatic carbocycles. The maximum Gasteiger partial charge on any atom is 0.311 e. The summed E-state index contributed by atoms with van der Waals surface area (Å²) in [4.78, 5) is 36.6. The maximum absolute atomic E-state index is 13.0. The van der Waals surface area contributed by atoms with Crippen molar-refractivity contribution in [1.82, 2.24) is 15.1 Å². The summed E-state index contributed by atoms with van der Waals surface area (Å²) in [5.74, 6) is -0.175. The molecule has 0 aliphatic rings. The van der Waals surface area contributed by atoms with Crippen molar-refractivity contribution in [3.05, 3.63) is 105 Å². The molecule has 0 unspecified atom stereocenters. The highest BCUT2D eigenvalue weighted by Crippen LogP contribution is 2.28. The van der Waals surface area contributed by atoms with E-state index in [-0.39, 0.29) is 36.0 Å². The largest absolute Gasteiger partial charge is 0.482 e. The SMILES string of the molecule is CCn1cc(NC(=O)c2cccc(COc3ccc(C)cc3[N+](=O)[O-])c2)c(C(=O)NCc2ccco2)n1. The second-order valence-corrected chi connectivity index (χ2v) is 8.18. The number of amides is 2. The number of rotatable bonds is 10. The number of benzene rings is 2. The summed E-state index contributed by atoms with van der Waals surface area (Å²) in [7, 11) is 0. The van der Waals surface area contributed by atoms with E-state index in [4.69, 9.17) is 9.15 Å². The average molecular weight is 504 g/mol. The Morgan fingerprint density at radius 3 is 2.70 bits per heavy atom. The number of hydrogen-bond donors (Lipinski definition) is 2. The monoisotopic (exact) mass is 503 g/mol. The average Bonchev–Trinajstić information content (AvgIpc) is 3.56. The second-order valence-electron chi connectivity index (χ2n) is 8.18. The zero-order chi connectivity index (χ0) is 26.4. The highest BCUT2D eigenvalue weighted by molar-refractivity contribution is 6.08. The van der Waals surface area contributed by atoms with Crippen molar-refractivity contribution in [2.45, 2.75) is 33.5 Å². The molecule has 0 spiro atoms. The molecule has 0 fully saturated rings. The van der Waals surface area contributed by atoms with E-state index in [9.17, 15) is 19.7 Å². The number of nitrogens with one attached hydrogen (secondary N) is 2. The molecule has 11 nitrogen and oxygen atoms in total. The third-order valence-electron chi connectivity index (χ3n) is 5.45. The minimum atomic E-state index is -0.495. The third-order valence-corrected chi connectivity index (χ3v) is 5.45. The van der Waals surface area contributed by atoms with Crippen LogP contribution in [-0.4, -0.2) is 26.5 Å². The Kier molecular flexibility index (Phi) is 7.62. The second kappa shape index (κ2) is 11.2. The lowest BCUT2D eigenvalue weighted by atomic mass is 10.1. The van der Waals surface area contributed by atoms with Crippen molar-refractivity contribution in [3.63, 3.8) is 0 Å². The lowest BCUT2D eigenvalue weighted by Crippen LogP contribution is -2.25. The van der Waals surface area contributed by atoms with Crippen LogP contribution in [0.5, 0.6) is 5.75 Å². The molecule has 0 atom stereocenters. The number of ether oxygens (including phenoxy) is 1. The fourth-order valence-electron chi connectivity index (χ4n) is 3.56. The third kappa shape index (κ3) is 6.20. The van der Waals surface area contributed by atoms with Crippen molar-refractivity contribution < 1.29 is 23.7 Å². The van der Waals surface area contributed by atoms with Gasteiger partial charge in [-0.3, -0.25) is 24.4 Å². The van der Waals surface area contributed by atoms with E-state index in [0.29, 0.717) is 23.4 Å². The van der Waals surface area contributed by atoms with Crippen LogP contribution >= 0.6 is 0 Å². The van der Waals surface area contributed by atoms with Gasteiger partial charge in [-0.1, -0.05) is 18.2 Å². The first-order valence-corrected chi connectivity index (χ1v) is 11.5. The molecule has 11 heteroatoms. The van der Waals surface area contributed by atoms with Gasteiger partial charge in [0.2, 0.25) is 0 Å². The topological polar surface area (TPSA) is 142 Å². The number of hydrogen-bond acceptors (Lipinski definition) is 7. The minimum Gasteiger partial charge on any atom is -0.482 e. The molecule has 37 heavy (non-hydrogen) atoms. The Hall–Kier alpha value is -4.93. The summed E-state index contributed by atoms with van der Waals surface area (Å²) in [6.07, 6.45) is 3.10. The van der Waals surface area contributed by atoms with Gasteiger partial charge in [-0.05, 0) is 55.3 Å². The Morgan fingerprint density at radius 1 is 1.14 bits per heavy atom. The highest BCUT2D eigenvalue weighted by atomic mass is 16.6. The number of aromatic nitrogens is 2. The van der Waals surface area contributed by atoms with E-state index in [1.54, 1.807) is 66.3 Å². The van der Waals surface area contributed by atoms with Gasteiger partial charge in [-0.25, -0.2) is 0 Å². The zero-order valence-electron chi connectivity index (χ0n) is 20.3. The summed E-state index contributed by atoms with van der Waals surface area (Å²) in [5.41, 5.74) is 1.93. The van der Waals surface area contributed by atoms with Gasteiger partial charge in [-0.15, -0.1) is 0 Å². The predicted octanol–water partition coefficient (Wildman–Crippen LogP) is 4.47. The number of carbonyl (C=O) groups is 2. The first-order chi connectivity index (χ1) is 17.8. The minimum absolute atomic E-state index is 0.0270. The fraction of sp³-hybridized carbons (Fsp3) is 0.192. The molecule has 0 saturated carbocycles. The Labute approximate surface area is 212 Å². The maximum atomic E-state index is 13.0. The summed E-state index contributed by atoms with van der Waals surface area (Å²) >= 11 is 0. The van der Waals surface area contributed by atoms with Crippen molar-refractivity contribution in [3.8, 4) is 5.75 Å². The van der Waals surface area contributed by atoms with Crippen LogP contribution in [0.2, 0.25) is 0 Å². The standard InChI is InChI=1S/C26H25N5O6/c1-3-30-15-21(24(29-30)26(33)27-14-20-8-5-11-36-20)28-25(32)19-7-4-6-18(13-19)16-37-23-10-9-17(2)12-22(23)31(34)35/h4-13,15H,3,14,16H2,1-2H3,(H,27,33)(H,28,32). The van der Waals surface area contributed by atoms with Crippen molar-refractivity contribution in [2.24, 2.45) is 0 Å². The summed E-state index contributed by atoms with van der Waals surface area (Å²) in [5, 5.41) is 21.1. The summed E-state index contributed by atoms with van der Waals surface area (Å²) < 4.78 is 12.5. The molecule has 0 aliphatic heterocycles. The fourth-order valence-corrected chi connectivity index (χ4v) is 3.56. The van der Waals surface area contributed by atoms with Crippen LogP contribution in [-0.2, 0) is 19.7 Å². The molecule has 2 heterocycles. The summed E-state index contributed by atoms with van der Waals surface area (Å²) in [6, 6.07) is 14.9. The van der Waals surface area contributed by atoms with Crippen LogP contribution in [0.3, 0.4) is 0 Å². The van der Waals surface area contributed by atoms with Crippen molar-refractivity contribution in [1.29, 1.82) is 0 Å². The first-order valence-electron chi connectivity index (χ1n) is 11.5. The van der Waals surface area contributed by atoms with E-state index in [1.165, 1.54) is 12.3 Å². The molecular formula is C26H25N5O6. The molecule has 2 amide bonds. The quantitative estimate of drug-likeness (QED) is 0.240. The number of nitro groups is 1. The van der Waals surface area contributed by atoms with Gasteiger partial charge in [0.1, 0.15) is 12.4 Å². The number of aryl methyl sites for hydroxylation is 2. The Morgan fingerprint density at radius 2 is 1.97 bits per heavy atom. The van der Waals surface area contributed by atoms with Gasteiger partial charge in [0.05, 0.1) is 23.4 Å². The van der Waals surface area contributed by atoms with Gasteiger partial charge in [0, 0.05) is 24.4 Å². The Balaban J connectivity index is 1.46. The molecule has 0 saturated heterocycles. The van der Waals surface area contributed by atoms with Gasteiger partial charge < -0.3 is 19.8 Å². The lowest BCUT2D eigenvalue weighted by Gasteiger charge is -2.09. The molecule has 0 aliphatic carbocycles. The van der Waals surface area contributed by atoms with Crippen LogP contribution in [0.25, 0.3) is 0 Å². The van der Waals surface area contributed by atoms with Crippen LogP contribution in [0.15, 0.2) is 71.5 Å². The highest BCUT2D eigenvalue weighted by Gasteiger charge is 2.20. The van der Waals surface area contributed by atoms with E-state index >= 15 is 0 Å². The van der Waals surface area contributed by atoms with Crippen LogP contribution in [0, 0.1) is 17.0 Å². The molecule has 2 aromatic heterocycles. The Bertz CT molecular complexity index is 1430. The molecule has 0 bridgehead atoms. The molecule has 2 N–H and O–H groups in total. The van der Waals surface area contributed by atoms with Crippen LogP contribution < -0.4 is 15.4 Å². The van der Waals surface area contributed by atoms with Gasteiger partial charge >= 0.3 is 5.69 Å². The van der Waals surface area contributed by atoms with E-state index in [1.807, 2.05) is 6.92 Å². The number of furan rings is 1.